The molecule has 198 valence electrons. The summed E-state index contributed by atoms with van der Waals surface area (Å²) in [7, 11) is 0. The van der Waals surface area contributed by atoms with Gasteiger partial charge in [-0.05, 0) is 18.8 Å². The van der Waals surface area contributed by atoms with E-state index < -0.39 is 24.4 Å². The van der Waals surface area contributed by atoms with Gasteiger partial charge in [0.15, 0.2) is 17.5 Å². The Bertz CT molecular complexity index is 1170. The standard InChI is InChI=1S/C21H21F3N6.C2HF3O2/c22-17-12-28-20(16-4-2-1-3-15(16)19(23)24)29-21(17)27-11-14-5-9-30(10-6-14)18-13-25-7-8-26-18;3-2(4,5)1(6)7/h1-4,7-8,12-14,19H,5-6,9-11H2,(H,27,28,29);(H,6,7). The van der Waals surface area contributed by atoms with Crippen molar-refractivity contribution < 1.29 is 36.2 Å². The molecule has 0 bridgehead atoms. The molecule has 0 unspecified atom stereocenters. The monoisotopic (exact) mass is 528 g/mol. The Morgan fingerprint density at radius 3 is 2.38 bits per heavy atom. The zero-order valence-corrected chi connectivity index (χ0v) is 19.2. The number of alkyl halides is 5. The predicted molar refractivity (Wildman–Crippen MR) is 122 cm³/mol. The molecule has 1 aliphatic rings. The molecule has 8 nitrogen and oxygen atoms in total. The van der Waals surface area contributed by atoms with Crippen molar-refractivity contribution >= 4 is 17.6 Å². The number of piperidine rings is 1. The first-order valence-electron chi connectivity index (χ1n) is 11.0. The Morgan fingerprint density at radius 1 is 1.11 bits per heavy atom. The van der Waals surface area contributed by atoms with Crippen LogP contribution < -0.4 is 10.2 Å². The number of carboxylic acids is 1. The van der Waals surface area contributed by atoms with Gasteiger partial charge in [-0.3, -0.25) is 4.98 Å². The minimum atomic E-state index is -5.08. The molecule has 3 aromatic rings. The zero-order valence-electron chi connectivity index (χ0n) is 19.2. The molecule has 3 heterocycles. The van der Waals surface area contributed by atoms with E-state index in [4.69, 9.17) is 9.90 Å². The van der Waals surface area contributed by atoms with E-state index in [2.05, 4.69) is 30.2 Å². The molecule has 0 saturated carbocycles. The number of nitrogens with zero attached hydrogens (tertiary/aromatic N) is 5. The molecule has 1 fully saturated rings. The summed E-state index contributed by atoms with van der Waals surface area (Å²) in [6.07, 6.45) is 0.159. The summed E-state index contributed by atoms with van der Waals surface area (Å²) >= 11 is 0. The van der Waals surface area contributed by atoms with Gasteiger partial charge < -0.3 is 15.3 Å². The Morgan fingerprint density at radius 2 is 1.78 bits per heavy atom. The number of carboxylic acid groups (broad SMARTS) is 1. The highest BCUT2D eigenvalue weighted by atomic mass is 19.4. The molecule has 1 aliphatic heterocycles. The van der Waals surface area contributed by atoms with E-state index in [1.807, 2.05) is 0 Å². The lowest BCUT2D eigenvalue weighted by Gasteiger charge is -2.32. The quantitative estimate of drug-likeness (QED) is 0.432. The van der Waals surface area contributed by atoms with Crippen LogP contribution in [0.1, 0.15) is 24.8 Å². The average molecular weight is 528 g/mol. The second-order valence-corrected chi connectivity index (χ2v) is 7.96. The fourth-order valence-corrected chi connectivity index (χ4v) is 3.57. The summed E-state index contributed by atoms with van der Waals surface area (Å²) in [5, 5.41) is 10.2. The molecule has 14 heteroatoms. The van der Waals surface area contributed by atoms with Gasteiger partial charge in [0, 0.05) is 43.2 Å². The first-order chi connectivity index (χ1) is 17.6. The van der Waals surface area contributed by atoms with E-state index in [0.717, 1.165) is 37.9 Å². The van der Waals surface area contributed by atoms with Gasteiger partial charge in [0.1, 0.15) is 5.82 Å². The summed E-state index contributed by atoms with van der Waals surface area (Å²) < 4.78 is 72.5. The molecule has 0 amide bonds. The van der Waals surface area contributed by atoms with Crippen molar-refractivity contribution in [1.29, 1.82) is 0 Å². The van der Waals surface area contributed by atoms with Crippen molar-refractivity contribution in [3.8, 4) is 11.4 Å². The number of carbonyl (C=O) groups is 1. The Kier molecular flexibility index (Phi) is 9.20. The maximum Gasteiger partial charge on any atom is 0.490 e. The van der Waals surface area contributed by atoms with Crippen molar-refractivity contribution in [2.45, 2.75) is 25.4 Å². The van der Waals surface area contributed by atoms with Crippen molar-refractivity contribution in [3.63, 3.8) is 0 Å². The van der Waals surface area contributed by atoms with Crippen LogP contribution in [0.4, 0.5) is 38.0 Å². The van der Waals surface area contributed by atoms with E-state index in [-0.39, 0.29) is 22.8 Å². The van der Waals surface area contributed by atoms with E-state index in [1.165, 1.54) is 18.2 Å². The van der Waals surface area contributed by atoms with Gasteiger partial charge in [-0.1, -0.05) is 24.3 Å². The number of hydrogen-bond donors (Lipinski definition) is 2. The molecule has 2 N–H and O–H groups in total. The van der Waals surface area contributed by atoms with Gasteiger partial charge in [-0.15, -0.1) is 0 Å². The summed E-state index contributed by atoms with van der Waals surface area (Å²) in [4.78, 5) is 27.6. The van der Waals surface area contributed by atoms with Gasteiger partial charge in [-0.2, -0.15) is 13.2 Å². The number of benzene rings is 1. The van der Waals surface area contributed by atoms with Gasteiger partial charge in [0.25, 0.3) is 6.43 Å². The van der Waals surface area contributed by atoms with Gasteiger partial charge in [0.2, 0.25) is 0 Å². The summed E-state index contributed by atoms with van der Waals surface area (Å²) in [6.45, 7) is 2.22. The lowest BCUT2D eigenvalue weighted by Crippen LogP contribution is -2.36. The first kappa shape index (κ1) is 27.6. The van der Waals surface area contributed by atoms with Gasteiger partial charge >= 0.3 is 12.1 Å². The third-order valence-corrected chi connectivity index (χ3v) is 5.47. The fourth-order valence-electron chi connectivity index (χ4n) is 3.57. The smallest absolute Gasteiger partial charge is 0.475 e. The zero-order chi connectivity index (χ0) is 27.0. The maximum atomic E-state index is 14.2. The highest BCUT2D eigenvalue weighted by Gasteiger charge is 2.38. The van der Waals surface area contributed by atoms with Crippen LogP contribution in [0.15, 0.2) is 49.1 Å². The predicted octanol–water partition coefficient (Wildman–Crippen LogP) is 4.97. The van der Waals surface area contributed by atoms with Gasteiger partial charge in [0.05, 0.1) is 12.4 Å². The minimum absolute atomic E-state index is 0.0282. The van der Waals surface area contributed by atoms with E-state index in [1.54, 1.807) is 24.7 Å². The Balaban J connectivity index is 0.000000479. The number of aliphatic carboxylic acids is 1. The Labute approximate surface area is 207 Å². The second kappa shape index (κ2) is 12.3. The summed E-state index contributed by atoms with van der Waals surface area (Å²) in [5.74, 6) is -2.07. The molecule has 1 saturated heterocycles. The van der Waals surface area contributed by atoms with Crippen LogP contribution in [0.5, 0.6) is 0 Å². The van der Waals surface area contributed by atoms with Crippen LogP contribution in [0, 0.1) is 11.7 Å². The van der Waals surface area contributed by atoms with Crippen LogP contribution in [0.25, 0.3) is 11.4 Å². The summed E-state index contributed by atoms with van der Waals surface area (Å²) in [5.41, 5.74) is 0.0271. The SMILES string of the molecule is Fc1cnc(-c2ccccc2C(F)F)nc1NCC1CCN(c2cnccn2)CC1.O=C(O)C(F)(F)F. The number of aromatic nitrogens is 4. The number of nitrogens with one attached hydrogen (secondary N) is 1. The maximum absolute atomic E-state index is 14.2. The minimum Gasteiger partial charge on any atom is -0.475 e. The number of halogens is 6. The molecule has 0 atom stereocenters. The van der Waals surface area contributed by atoms with Crippen molar-refractivity contribution in [2.24, 2.45) is 5.92 Å². The number of anilines is 2. The highest BCUT2D eigenvalue weighted by Crippen LogP contribution is 2.30. The van der Waals surface area contributed by atoms with Crippen LogP contribution in [-0.2, 0) is 4.79 Å². The van der Waals surface area contributed by atoms with Crippen molar-refractivity contribution in [2.75, 3.05) is 29.9 Å². The van der Waals surface area contributed by atoms with Crippen LogP contribution in [0.2, 0.25) is 0 Å². The molecule has 1 aromatic carbocycles. The average Bonchev–Trinajstić information content (AvgIpc) is 2.89. The van der Waals surface area contributed by atoms with Crippen molar-refractivity contribution in [1.82, 2.24) is 19.9 Å². The lowest BCUT2D eigenvalue weighted by atomic mass is 9.97. The molecule has 0 aliphatic carbocycles. The largest absolute Gasteiger partial charge is 0.490 e. The summed E-state index contributed by atoms with van der Waals surface area (Å²) in [6, 6.07) is 6.00. The van der Waals surface area contributed by atoms with Crippen LogP contribution in [0.3, 0.4) is 0 Å². The number of rotatable bonds is 6. The fraction of sp³-hybridized carbons (Fsp3) is 0.348. The molecule has 0 spiro atoms. The topological polar surface area (TPSA) is 104 Å². The highest BCUT2D eigenvalue weighted by molar-refractivity contribution is 5.73. The van der Waals surface area contributed by atoms with Crippen molar-refractivity contribution in [3.05, 3.63) is 60.4 Å². The van der Waals surface area contributed by atoms with E-state index >= 15 is 0 Å². The van der Waals surface area contributed by atoms with Crippen LogP contribution in [-0.4, -0.2) is 56.8 Å². The first-order valence-corrected chi connectivity index (χ1v) is 11.0. The molecule has 37 heavy (non-hydrogen) atoms. The van der Waals surface area contributed by atoms with E-state index in [9.17, 15) is 26.3 Å². The lowest BCUT2D eigenvalue weighted by molar-refractivity contribution is -0.192. The third kappa shape index (κ3) is 7.75. The molecular formula is C23H22F6N6O2. The number of hydrogen-bond acceptors (Lipinski definition) is 7. The molecule has 4 rings (SSSR count). The third-order valence-electron chi connectivity index (χ3n) is 5.47. The van der Waals surface area contributed by atoms with Crippen LogP contribution >= 0.6 is 0 Å². The second-order valence-electron chi connectivity index (χ2n) is 7.96. The molecule has 0 radical (unpaired) electrons. The normalized spacial score (nSPS) is 14.2. The molecule has 2 aromatic heterocycles. The van der Waals surface area contributed by atoms with Gasteiger partial charge in [-0.25, -0.2) is 32.9 Å². The van der Waals surface area contributed by atoms with E-state index in [0.29, 0.717) is 12.5 Å². The molecular weight excluding hydrogens is 506 g/mol. The Hall–Kier alpha value is -3.97.